The number of nitrogens with two attached hydrogens (primary N) is 1. The van der Waals surface area contributed by atoms with Gasteiger partial charge in [0.15, 0.2) is 0 Å². The molecule has 29 heavy (non-hydrogen) atoms. The molecule has 0 bridgehead atoms. The molecule has 1 aliphatic carbocycles. The van der Waals surface area contributed by atoms with Gasteiger partial charge in [0.2, 0.25) is 0 Å². The molecule has 148 valence electrons. The van der Waals surface area contributed by atoms with Gasteiger partial charge in [0.05, 0.1) is 5.69 Å². The number of pyridine rings is 1. The van der Waals surface area contributed by atoms with Crippen LogP contribution in [0.25, 0.3) is 0 Å². The summed E-state index contributed by atoms with van der Waals surface area (Å²) in [6.45, 7) is 0. The Morgan fingerprint density at radius 3 is 2.66 bits per heavy atom. The molecule has 1 aromatic heterocycles. The molecule has 3 aromatic rings. The van der Waals surface area contributed by atoms with Gasteiger partial charge in [-0.25, -0.2) is 4.98 Å². The number of phenols is 1. The largest absolute Gasteiger partial charge is 0.506 e. The number of nitrogens with zero attached hydrogens (tertiary/aromatic N) is 2. The van der Waals surface area contributed by atoms with Gasteiger partial charge in [-0.3, -0.25) is 4.79 Å². The highest BCUT2D eigenvalue weighted by Gasteiger charge is 2.26. The van der Waals surface area contributed by atoms with Crippen molar-refractivity contribution in [2.45, 2.75) is 25.3 Å². The molecule has 4 N–H and O–H groups in total. The third kappa shape index (κ3) is 4.01. The summed E-state index contributed by atoms with van der Waals surface area (Å²) < 4.78 is 0. The van der Waals surface area contributed by atoms with E-state index in [-0.39, 0.29) is 23.5 Å². The summed E-state index contributed by atoms with van der Waals surface area (Å²) in [6, 6.07) is 18.6. The molecule has 1 aliphatic rings. The Bertz CT molecular complexity index is 1050. The van der Waals surface area contributed by atoms with E-state index in [1.807, 2.05) is 13.1 Å². The fourth-order valence-electron chi connectivity index (χ4n) is 3.84. The lowest BCUT2D eigenvalue weighted by molar-refractivity contribution is 0.0719. The van der Waals surface area contributed by atoms with Gasteiger partial charge in [-0.2, -0.15) is 0 Å². The molecule has 1 amide bonds. The van der Waals surface area contributed by atoms with Crippen LogP contribution >= 0.6 is 0 Å². The monoisotopic (exact) mass is 388 g/mol. The Labute approximate surface area is 170 Å². The van der Waals surface area contributed by atoms with E-state index in [2.05, 4.69) is 28.5 Å². The van der Waals surface area contributed by atoms with Crippen LogP contribution in [0.15, 0.2) is 60.7 Å². The summed E-state index contributed by atoms with van der Waals surface area (Å²) >= 11 is 0. The van der Waals surface area contributed by atoms with Crippen LogP contribution in [0.3, 0.4) is 0 Å². The maximum atomic E-state index is 13.1. The van der Waals surface area contributed by atoms with Gasteiger partial charge in [0.1, 0.15) is 17.4 Å². The van der Waals surface area contributed by atoms with Crippen molar-refractivity contribution in [3.8, 4) is 5.75 Å². The second-order valence-electron chi connectivity index (χ2n) is 7.39. The molecule has 6 heteroatoms. The van der Waals surface area contributed by atoms with E-state index in [9.17, 15) is 9.90 Å². The number of nitrogens with one attached hydrogen (secondary N) is 1. The molecule has 0 fully saturated rings. The maximum Gasteiger partial charge on any atom is 0.254 e. The van der Waals surface area contributed by atoms with Gasteiger partial charge in [-0.15, -0.1) is 0 Å². The first kappa shape index (κ1) is 18.8. The molecule has 6 nitrogen and oxygen atoms in total. The van der Waals surface area contributed by atoms with Crippen molar-refractivity contribution in [2.24, 2.45) is 0 Å². The van der Waals surface area contributed by atoms with Gasteiger partial charge >= 0.3 is 0 Å². The van der Waals surface area contributed by atoms with Crippen molar-refractivity contribution in [1.82, 2.24) is 9.88 Å². The van der Waals surface area contributed by atoms with E-state index in [0.29, 0.717) is 17.1 Å². The zero-order valence-corrected chi connectivity index (χ0v) is 16.3. The molecule has 4 rings (SSSR count). The van der Waals surface area contributed by atoms with Crippen molar-refractivity contribution < 1.29 is 9.90 Å². The molecule has 0 saturated carbocycles. The summed E-state index contributed by atoms with van der Waals surface area (Å²) in [5.41, 5.74) is 9.59. The van der Waals surface area contributed by atoms with E-state index >= 15 is 0 Å². The van der Waals surface area contributed by atoms with Crippen molar-refractivity contribution in [3.05, 3.63) is 77.4 Å². The first-order chi connectivity index (χ1) is 14.0. The second-order valence-corrected chi connectivity index (χ2v) is 7.39. The standard InChI is InChI=1S/C23H24N4O2/c1-27(18-11-10-15-6-2-3-7-16(15)12-18)23(29)17-13-21(24)26-22(14-17)25-19-8-4-5-9-20(19)28/h2-9,13-14,18,28H,10-12H2,1H3,(H3,24,25,26). The van der Waals surface area contributed by atoms with E-state index in [4.69, 9.17) is 5.73 Å². The number of likely N-dealkylation sites (N-methyl/N-ethyl adjacent to an activating group) is 1. The van der Waals surface area contributed by atoms with Crippen molar-refractivity contribution in [1.29, 1.82) is 0 Å². The third-order valence-corrected chi connectivity index (χ3v) is 5.45. The first-order valence-electron chi connectivity index (χ1n) is 9.68. The minimum atomic E-state index is -0.0937. The number of para-hydroxylation sites is 2. The summed E-state index contributed by atoms with van der Waals surface area (Å²) in [4.78, 5) is 19.2. The summed E-state index contributed by atoms with van der Waals surface area (Å²) in [6.07, 6.45) is 2.75. The number of carbonyl (C=O) groups is 1. The number of aromatic nitrogens is 1. The fraction of sp³-hybridized carbons (Fsp3) is 0.217. The Morgan fingerprint density at radius 2 is 1.86 bits per heavy atom. The first-order valence-corrected chi connectivity index (χ1v) is 9.68. The zero-order chi connectivity index (χ0) is 20.4. The predicted molar refractivity (Wildman–Crippen MR) is 114 cm³/mol. The average molecular weight is 388 g/mol. The molecule has 2 aromatic carbocycles. The smallest absolute Gasteiger partial charge is 0.254 e. The lowest BCUT2D eigenvalue weighted by Gasteiger charge is -2.32. The Balaban J connectivity index is 1.54. The van der Waals surface area contributed by atoms with Crippen LogP contribution < -0.4 is 11.1 Å². The fourth-order valence-corrected chi connectivity index (χ4v) is 3.84. The number of fused-ring (bicyclic) bond motifs is 1. The number of aryl methyl sites for hydroxylation is 1. The summed E-state index contributed by atoms with van der Waals surface area (Å²) in [7, 11) is 1.84. The van der Waals surface area contributed by atoms with Crippen molar-refractivity contribution in [3.63, 3.8) is 0 Å². The SMILES string of the molecule is CN(C(=O)c1cc(N)nc(Nc2ccccc2O)c1)C1CCc2ccccc2C1. The van der Waals surface area contributed by atoms with E-state index < -0.39 is 0 Å². The average Bonchev–Trinajstić information content (AvgIpc) is 2.73. The van der Waals surface area contributed by atoms with E-state index in [1.54, 1.807) is 41.3 Å². The molecule has 1 atom stereocenters. The predicted octanol–water partition coefficient (Wildman–Crippen LogP) is 3.74. The Hall–Kier alpha value is -3.54. The third-order valence-electron chi connectivity index (χ3n) is 5.45. The number of hydrogen-bond acceptors (Lipinski definition) is 5. The highest BCUT2D eigenvalue weighted by Crippen LogP contribution is 2.28. The molecule has 0 radical (unpaired) electrons. The topological polar surface area (TPSA) is 91.5 Å². The summed E-state index contributed by atoms with van der Waals surface area (Å²) in [5.74, 6) is 0.666. The van der Waals surface area contributed by atoms with E-state index in [1.165, 1.54) is 11.1 Å². The number of aromatic hydroxyl groups is 1. The van der Waals surface area contributed by atoms with Gasteiger partial charge < -0.3 is 21.1 Å². The number of benzene rings is 2. The number of nitrogen functional groups attached to an aromatic ring is 1. The lowest BCUT2D eigenvalue weighted by atomic mass is 9.87. The second kappa shape index (κ2) is 7.83. The quantitative estimate of drug-likeness (QED) is 0.592. The highest BCUT2D eigenvalue weighted by molar-refractivity contribution is 5.96. The number of phenolic OH excluding ortho intramolecular Hbond substituents is 1. The lowest BCUT2D eigenvalue weighted by Crippen LogP contribution is -2.40. The van der Waals surface area contributed by atoms with Crippen LogP contribution in [0, 0.1) is 0 Å². The van der Waals surface area contributed by atoms with Crippen molar-refractivity contribution >= 4 is 23.2 Å². The molecule has 1 heterocycles. The van der Waals surface area contributed by atoms with Crippen LogP contribution in [-0.2, 0) is 12.8 Å². The molecule has 0 saturated heterocycles. The molecule has 0 spiro atoms. The minimum absolute atomic E-state index is 0.0937. The summed E-state index contributed by atoms with van der Waals surface area (Å²) in [5, 5.41) is 13.0. The van der Waals surface area contributed by atoms with Crippen LogP contribution in [0.4, 0.5) is 17.3 Å². The van der Waals surface area contributed by atoms with Gasteiger partial charge in [-0.05, 0) is 54.7 Å². The van der Waals surface area contributed by atoms with Crippen LogP contribution in [0.5, 0.6) is 5.75 Å². The highest BCUT2D eigenvalue weighted by atomic mass is 16.3. The maximum absolute atomic E-state index is 13.1. The zero-order valence-electron chi connectivity index (χ0n) is 16.3. The Morgan fingerprint density at radius 1 is 1.14 bits per heavy atom. The van der Waals surface area contributed by atoms with Crippen LogP contribution in [-0.4, -0.2) is 34.0 Å². The Kier molecular flexibility index (Phi) is 5.08. The van der Waals surface area contributed by atoms with Gasteiger partial charge in [0, 0.05) is 18.7 Å². The van der Waals surface area contributed by atoms with Crippen LogP contribution in [0.1, 0.15) is 27.9 Å². The molecular formula is C23H24N4O2. The number of anilines is 3. The number of amides is 1. The number of hydrogen-bond donors (Lipinski definition) is 3. The molecule has 1 unspecified atom stereocenters. The van der Waals surface area contributed by atoms with Crippen molar-refractivity contribution in [2.75, 3.05) is 18.1 Å². The molecular weight excluding hydrogens is 364 g/mol. The normalized spacial score (nSPS) is 15.4. The van der Waals surface area contributed by atoms with E-state index in [0.717, 1.165) is 19.3 Å². The number of carbonyl (C=O) groups excluding carboxylic acids is 1. The van der Waals surface area contributed by atoms with Gasteiger partial charge in [0.25, 0.3) is 5.91 Å². The van der Waals surface area contributed by atoms with Crippen LogP contribution in [0.2, 0.25) is 0 Å². The van der Waals surface area contributed by atoms with Gasteiger partial charge in [-0.1, -0.05) is 36.4 Å². The number of rotatable bonds is 4. The molecule has 0 aliphatic heterocycles. The minimum Gasteiger partial charge on any atom is -0.506 e.